The highest BCUT2D eigenvalue weighted by atomic mass is 14.3. The van der Waals surface area contributed by atoms with Crippen LogP contribution in [0.1, 0.15) is 32.1 Å². The highest BCUT2D eigenvalue weighted by molar-refractivity contribution is 4.88. The number of unbranched alkanes of at least 4 members (excludes halogenated alkanes) is 1. The first-order valence-electron chi connectivity index (χ1n) is 4.05. The summed E-state index contributed by atoms with van der Waals surface area (Å²) in [5.41, 5.74) is 0. The molecule has 0 amide bonds. The maximum Gasteiger partial charge on any atom is 0.0656 e. The SMILES string of the molecule is C#CCCCC(C#N)CCC#N. The Morgan fingerprint density at radius 1 is 1.17 bits per heavy atom. The van der Waals surface area contributed by atoms with Crippen molar-refractivity contribution in [3.63, 3.8) is 0 Å². The van der Waals surface area contributed by atoms with E-state index in [0.717, 1.165) is 19.3 Å². The van der Waals surface area contributed by atoms with E-state index >= 15 is 0 Å². The summed E-state index contributed by atoms with van der Waals surface area (Å²) in [6.07, 6.45) is 8.65. The van der Waals surface area contributed by atoms with E-state index in [1.54, 1.807) is 0 Å². The van der Waals surface area contributed by atoms with E-state index in [2.05, 4.69) is 12.0 Å². The molecular weight excluding hydrogens is 148 g/mol. The minimum absolute atomic E-state index is 0.0120. The molecule has 0 aromatic carbocycles. The first-order valence-corrected chi connectivity index (χ1v) is 4.05. The fourth-order valence-electron chi connectivity index (χ4n) is 0.963. The molecule has 0 aliphatic carbocycles. The maximum atomic E-state index is 8.64. The predicted molar refractivity (Wildman–Crippen MR) is 46.6 cm³/mol. The van der Waals surface area contributed by atoms with Crippen LogP contribution in [0.4, 0.5) is 0 Å². The highest BCUT2D eigenvalue weighted by Gasteiger charge is 2.05. The lowest BCUT2D eigenvalue weighted by atomic mass is 9.99. The molecule has 0 fully saturated rings. The molecular formula is C10H12N2. The van der Waals surface area contributed by atoms with Crippen molar-refractivity contribution in [2.45, 2.75) is 32.1 Å². The van der Waals surface area contributed by atoms with Crippen molar-refractivity contribution in [2.75, 3.05) is 0 Å². The third-order valence-electron chi connectivity index (χ3n) is 1.66. The van der Waals surface area contributed by atoms with Gasteiger partial charge in [-0.3, -0.25) is 0 Å². The lowest BCUT2D eigenvalue weighted by molar-refractivity contribution is 0.545. The summed E-state index contributed by atoms with van der Waals surface area (Å²) < 4.78 is 0. The number of nitriles is 2. The van der Waals surface area contributed by atoms with Gasteiger partial charge in [-0.05, 0) is 19.3 Å². The summed E-state index contributed by atoms with van der Waals surface area (Å²) in [4.78, 5) is 0. The van der Waals surface area contributed by atoms with E-state index in [4.69, 9.17) is 16.9 Å². The summed E-state index contributed by atoms with van der Waals surface area (Å²) in [5, 5.41) is 16.9. The zero-order valence-corrected chi connectivity index (χ0v) is 7.08. The second-order valence-corrected chi connectivity index (χ2v) is 2.62. The van der Waals surface area contributed by atoms with Crippen LogP contribution in [-0.2, 0) is 0 Å². The first kappa shape index (κ1) is 10.5. The van der Waals surface area contributed by atoms with Crippen molar-refractivity contribution in [1.29, 1.82) is 10.5 Å². The van der Waals surface area contributed by atoms with Gasteiger partial charge in [0.1, 0.15) is 0 Å². The Hall–Kier alpha value is -1.46. The van der Waals surface area contributed by atoms with Crippen LogP contribution in [-0.4, -0.2) is 0 Å². The molecule has 0 aromatic heterocycles. The smallest absolute Gasteiger partial charge is 0.0656 e. The number of hydrogen-bond acceptors (Lipinski definition) is 2. The molecule has 0 N–H and O–H groups in total. The molecule has 0 aromatic rings. The Balaban J connectivity index is 3.51. The Morgan fingerprint density at radius 2 is 1.92 bits per heavy atom. The van der Waals surface area contributed by atoms with Gasteiger partial charge in [-0.1, -0.05) is 0 Å². The normalized spacial score (nSPS) is 10.8. The largest absolute Gasteiger partial charge is 0.198 e. The van der Waals surface area contributed by atoms with Crippen molar-refractivity contribution >= 4 is 0 Å². The molecule has 0 radical (unpaired) electrons. The van der Waals surface area contributed by atoms with Crippen LogP contribution in [0.2, 0.25) is 0 Å². The van der Waals surface area contributed by atoms with Gasteiger partial charge in [0, 0.05) is 18.8 Å². The molecule has 0 bridgehead atoms. The number of hydrogen-bond donors (Lipinski definition) is 0. The quantitative estimate of drug-likeness (QED) is 0.457. The van der Waals surface area contributed by atoms with Gasteiger partial charge in [-0.2, -0.15) is 10.5 Å². The highest BCUT2D eigenvalue weighted by Crippen LogP contribution is 2.12. The molecule has 0 heterocycles. The zero-order valence-electron chi connectivity index (χ0n) is 7.08. The Kier molecular flexibility index (Phi) is 6.71. The summed E-state index contributed by atoms with van der Waals surface area (Å²) in [7, 11) is 0. The van der Waals surface area contributed by atoms with Crippen LogP contribution >= 0.6 is 0 Å². The molecule has 62 valence electrons. The number of rotatable bonds is 5. The molecule has 0 saturated heterocycles. The van der Waals surface area contributed by atoms with Crippen molar-refractivity contribution in [3.05, 3.63) is 0 Å². The van der Waals surface area contributed by atoms with Crippen LogP contribution in [0, 0.1) is 40.9 Å². The van der Waals surface area contributed by atoms with Gasteiger partial charge in [0.15, 0.2) is 0 Å². The van der Waals surface area contributed by atoms with E-state index in [9.17, 15) is 0 Å². The van der Waals surface area contributed by atoms with E-state index in [1.165, 1.54) is 0 Å². The van der Waals surface area contributed by atoms with Crippen molar-refractivity contribution in [2.24, 2.45) is 5.92 Å². The summed E-state index contributed by atoms with van der Waals surface area (Å²) >= 11 is 0. The second-order valence-electron chi connectivity index (χ2n) is 2.62. The minimum Gasteiger partial charge on any atom is -0.198 e. The van der Waals surface area contributed by atoms with Crippen LogP contribution in [0.15, 0.2) is 0 Å². The van der Waals surface area contributed by atoms with Gasteiger partial charge in [0.25, 0.3) is 0 Å². The Labute approximate surface area is 73.8 Å². The van der Waals surface area contributed by atoms with Gasteiger partial charge in [0.2, 0.25) is 0 Å². The molecule has 0 saturated carbocycles. The third kappa shape index (κ3) is 5.33. The predicted octanol–water partition coefficient (Wildman–Crippen LogP) is 2.23. The number of terminal acetylenes is 1. The average Bonchev–Trinajstić information content (AvgIpc) is 2.11. The fourth-order valence-corrected chi connectivity index (χ4v) is 0.963. The summed E-state index contributed by atoms with van der Waals surface area (Å²) in [6, 6.07) is 4.21. The Morgan fingerprint density at radius 3 is 2.42 bits per heavy atom. The third-order valence-corrected chi connectivity index (χ3v) is 1.66. The van der Waals surface area contributed by atoms with Crippen molar-refractivity contribution < 1.29 is 0 Å². The van der Waals surface area contributed by atoms with Crippen LogP contribution in [0.5, 0.6) is 0 Å². The number of nitrogens with zero attached hydrogens (tertiary/aromatic N) is 2. The van der Waals surface area contributed by atoms with E-state index < -0.39 is 0 Å². The zero-order chi connectivity index (χ0) is 9.23. The molecule has 2 heteroatoms. The van der Waals surface area contributed by atoms with Crippen molar-refractivity contribution in [3.8, 4) is 24.5 Å². The molecule has 2 nitrogen and oxygen atoms in total. The molecule has 1 atom stereocenters. The summed E-state index contributed by atoms with van der Waals surface area (Å²) in [5.74, 6) is 2.54. The van der Waals surface area contributed by atoms with Gasteiger partial charge >= 0.3 is 0 Å². The van der Waals surface area contributed by atoms with Crippen LogP contribution in [0.3, 0.4) is 0 Å². The molecule has 0 aliphatic heterocycles. The average molecular weight is 160 g/mol. The van der Waals surface area contributed by atoms with Gasteiger partial charge in [-0.25, -0.2) is 0 Å². The topological polar surface area (TPSA) is 47.6 Å². The van der Waals surface area contributed by atoms with Crippen molar-refractivity contribution in [1.82, 2.24) is 0 Å². The van der Waals surface area contributed by atoms with Crippen LogP contribution in [0.25, 0.3) is 0 Å². The van der Waals surface area contributed by atoms with Crippen LogP contribution < -0.4 is 0 Å². The lowest BCUT2D eigenvalue weighted by Gasteiger charge is -2.03. The van der Waals surface area contributed by atoms with E-state index in [1.807, 2.05) is 6.07 Å². The molecule has 0 aliphatic rings. The van der Waals surface area contributed by atoms with E-state index in [0.29, 0.717) is 12.8 Å². The standard InChI is InChI=1S/C10H12N2/c1-2-3-4-6-10(9-12)7-5-8-11/h1,10H,3-7H2. The molecule has 0 spiro atoms. The Bertz CT molecular complexity index is 224. The molecule has 12 heavy (non-hydrogen) atoms. The molecule has 1 unspecified atom stereocenters. The second kappa shape index (κ2) is 7.64. The van der Waals surface area contributed by atoms with Gasteiger partial charge in [-0.15, -0.1) is 12.3 Å². The van der Waals surface area contributed by atoms with Gasteiger partial charge < -0.3 is 0 Å². The maximum absolute atomic E-state index is 8.64. The van der Waals surface area contributed by atoms with E-state index in [-0.39, 0.29) is 5.92 Å². The van der Waals surface area contributed by atoms with Gasteiger partial charge in [0.05, 0.1) is 12.1 Å². The monoisotopic (exact) mass is 160 g/mol. The summed E-state index contributed by atoms with van der Waals surface area (Å²) in [6.45, 7) is 0. The minimum atomic E-state index is 0.0120. The fraction of sp³-hybridized carbons (Fsp3) is 0.600. The lowest BCUT2D eigenvalue weighted by Crippen LogP contribution is -1.96. The molecule has 0 rings (SSSR count). The first-order chi connectivity index (χ1) is 5.85.